The number of pyridine rings is 1. The van der Waals surface area contributed by atoms with Gasteiger partial charge in [0.1, 0.15) is 11.8 Å². The molecule has 5 heteroatoms. The zero-order valence-electron chi connectivity index (χ0n) is 10.2. The minimum Gasteiger partial charge on any atom is -0.333 e. The Morgan fingerprint density at radius 2 is 2.16 bits per heavy atom. The van der Waals surface area contributed by atoms with Crippen molar-refractivity contribution >= 4 is 22.8 Å². The number of nitrogens with one attached hydrogen (secondary N) is 1. The van der Waals surface area contributed by atoms with Gasteiger partial charge in [0.2, 0.25) is 0 Å². The van der Waals surface area contributed by atoms with Crippen molar-refractivity contribution in [2.45, 2.75) is 17.0 Å². The van der Waals surface area contributed by atoms with Crippen LogP contribution in [-0.2, 0) is 0 Å². The van der Waals surface area contributed by atoms with Gasteiger partial charge in [-0.15, -0.1) is 0 Å². The number of H-pyrrole nitrogens is 1. The zero-order chi connectivity index (χ0) is 13.2. The number of aryl methyl sites for hydroxylation is 1. The van der Waals surface area contributed by atoms with Crippen molar-refractivity contribution in [2.24, 2.45) is 0 Å². The van der Waals surface area contributed by atoms with Crippen molar-refractivity contribution in [3.8, 4) is 6.07 Å². The van der Waals surface area contributed by atoms with Crippen LogP contribution in [0.1, 0.15) is 11.3 Å². The lowest BCUT2D eigenvalue weighted by Gasteiger charge is -1.96. The second-order valence-electron chi connectivity index (χ2n) is 4.15. The Hall–Kier alpha value is -2.32. The smallest absolute Gasteiger partial charge is 0.171 e. The zero-order valence-corrected chi connectivity index (χ0v) is 11.0. The Labute approximate surface area is 114 Å². The van der Waals surface area contributed by atoms with Crippen LogP contribution >= 0.6 is 11.8 Å². The van der Waals surface area contributed by atoms with Crippen LogP contribution in [0.15, 0.2) is 46.6 Å². The topological polar surface area (TPSA) is 65.4 Å². The molecule has 0 aliphatic carbocycles. The molecule has 0 spiro atoms. The van der Waals surface area contributed by atoms with Gasteiger partial charge in [-0.2, -0.15) is 5.26 Å². The summed E-state index contributed by atoms with van der Waals surface area (Å²) < 4.78 is 0. The van der Waals surface area contributed by atoms with Gasteiger partial charge in [0.15, 0.2) is 5.16 Å². The van der Waals surface area contributed by atoms with Gasteiger partial charge < -0.3 is 4.98 Å². The molecule has 3 rings (SSSR count). The van der Waals surface area contributed by atoms with E-state index in [4.69, 9.17) is 5.26 Å². The third-order valence-electron chi connectivity index (χ3n) is 2.68. The van der Waals surface area contributed by atoms with Crippen LogP contribution in [0, 0.1) is 18.3 Å². The number of fused-ring (bicyclic) bond motifs is 1. The average molecular weight is 266 g/mol. The molecular weight excluding hydrogens is 256 g/mol. The maximum Gasteiger partial charge on any atom is 0.171 e. The van der Waals surface area contributed by atoms with Gasteiger partial charge >= 0.3 is 0 Å². The van der Waals surface area contributed by atoms with Crippen LogP contribution in [0.5, 0.6) is 0 Å². The lowest BCUT2D eigenvalue weighted by molar-refractivity contribution is 1.08. The highest BCUT2D eigenvalue weighted by Crippen LogP contribution is 2.27. The number of benzene rings is 1. The van der Waals surface area contributed by atoms with E-state index in [2.05, 4.69) is 27.9 Å². The average Bonchev–Trinajstić information content (AvgIpc) is 2.80. The fraction of sp³-hybridized carbons (Fsp3) is 0.0714. The molecular formula is C14H10N4S. The van der Waals surface area contributed by atoms with E-state index in [0.29, 0.717) is 5.69 Å². The Bertz CT molecular complexity index is 785. The van der Waals surface area contributed by atoms with Gasteiger partial charge in [0.05, 0.1) is 11.0 Å². The van der Waals surface area contributed by atoms with Gasteiger partial charge in [-0.05, 0) is 36.8 Å². The van der Waals surface area contributed by atoms with Gasteiger partial charge in [0.25, 0.3) is 0 Å². The van der Waals surface area contributed by atoms with Crippen molar-refractivity contribution in [2.75, 3.05) is 0 Å². The molecule has 0 aliphatic heterocycles. The highest BCUT2D eigenvalue weighted by Gasteiger charge is 2.05. The van der Waals surface area contributed by atoms with Crippen molar-refractivity contribution < 1.29 is 0 Å². The molecule has 0 atom stereocenters. The summed E-state index contributed by atoms with van der Waals surface area (Å²) in [5.74, 6) is 0. The number of aromatic nitrogens is 3. The van der Waals surface area contributed by atoms with Crippen LogP contribution in [-0.4, -0.2) is 15.0 Å². The maximum atomic E-state index is 8.83. The largest absolute Gasteiger partial charge is 0.333 e. The van der Waals surface area contributed by atoms with Crippen LogP contribution in [0.3, 0.4) is 0 Å². The summed E-state index contributed by atoms with van der Waals surface area (Å²) in [5, 5.41) is 9.64. The first-order chi connectivity index (χ1) is 9.24. The predicted molar refractivity (Wildman–Crippen MR) is 73.9 cm³/mol. The van der Waals surface area contributed by atoms with Crippen molar-refractivity contribution in [1.29, 1.82) is 5.26 Å². The summed E-state index contributed by atoms with van der Waals surface area (Å²) in [7, 11) is 0. The second-order valence-corrected chi connectivity index (χ2v) is 5.22. The van der Waals surface area contributed by atoms with Crippen molar-refractivity contribution in [3.63, 3.8) is 0 Å². The van der Waals surface area contributed by atoms with E-state index in [-0.39, 0.29) is 0 Å². The van der Waals surface area contributed by atoms with E-state index < -0.39 is 0 Å². The normalized spacial score (nSPS) is 10.5. The standard InChI is InChI=1S/C14H10N4S/c1-9-2-3-12-13(6-9)18-14(17-12)19-11-4-5-16-10(7-11)8-15/h2-7H,1H3,(H,17,18). The number of rotatable bonds is 2. The maximum absolute atomic E-state index is 8.83. The first-order valence-electron chi connectivity index (χ1n) is 5.75. The molecule has 4 nitrogen and oxygen atoms in total. The Morgan fingerprint density at radius 1 is 1.26 bits per heavy atom. The molecule has 2 heterocycles. The molecule has 1 N–H and O–H groups in total. The summed E-state index contributed by atoms with van der Waals surface area (Å²) in [6.45, 7) is 2.05. The van der Waals surface area contributed by atoms with E-state index in [0.717, 1.165) is 21.1 Å². The fourth-order valence-electron chi connectivity index (χ4n) is 1.80. The third-order valence-corrected chi connectivity index (χ3v) is 3.55. The minimum atomic E-state index is 0.414. The lowest BCUT2D eigenvalue weighted by Crippen LogP contribution is -1.82. The van der Waals surface area contributed by atoms with Crippen LogP contribution in [0.25, 0.3) is 11.0 Å². The molecule has 0 radical (unpaired) electrons. The van der Waals surface area contributed by atoms with Gasteiger partial charge in [-0.1, -0.05) is 17.8 Å². The first kappa shape index (κ1) is 11.8. The van der Waals surface area contributed by atoms with Gasteiger partial charge in [-0.25, -0.2) is 9.97 Å². The van der Waals surface area contributed by atoms with Crippen LogP contribution in [0.2, 0.25) is 0 Å². The fourth-order valence-corrected chi connectivity index (χ4v) is 2.62. The number of hydrogen-bond acceptors (Lipinski definition) is 4. The quantitative estimate of drug-likeness (QED) is 0.773. The van der Waals surface area contributed by atoms with E-state index >= 15 is 0 Å². The summed E-state index contributed by atoms with van der Waals surface area (Å²) in [5.41, 5.74) is 3.58. The second kappa shape index (κ2) is 4.75. The molecule has 0 fully saturated rings. The number of nitrogens with zero attached hydrogens (tertiary/aromatic N) is 3. The molecule has 92 valence electrons. The van der Waals surface area contributed by atoms with E-state index in [1.165, 1.54) is 17.3 Å². The highest BCUT2D eigenvalue weighted by atomic mass is 32.2. The van der Waals surface area contributed by atoms with E-state index in [9.17, 15) is 0 Å². The number of hydrogen-bond donors (Lipinski definition) is 1. The summed E-state index contributed by atoms with van der Waals surface area (Å²) >= 11 is 1.49. The minimum absolute atomic E-state index is 0.414. The van der Waals surface area contributed by atoms with E-state index in [1.807, 2.05) is 24.3 Å². The third kappa shape index (κ3) is 2.44. The highest BCUT2D eigenvalue weighted by molar-refractivity contribution is 7.99. The Balaban J connectivity index is 1.94. The summed E-state index contributed by atoms with van der Waals surface area (Å²) in [6.07, 6.45) is 1.63. The van der Waals surface area contributed by atoms with Crippen molar-refractivity contribution in [1.82, 2.24) is 15.0 Å². The number of aromatic amines is 1. The molecule has 0 amide bonds. The molecule has 0 aliphatic rings. The predicted octanol–water partition coefficient (Wildman–Crippen LogP) is 3.29. The Kier molecular flexibility index (Phi) is 2.94. The molecule has 1 aromatic carbocycles. The molecule has 19 heavy (non-hydrogen) atoms. The molecule has 0 unspecified atom stereocenters. The van der Waals surface area contributed by atoms with Gasteiger partial charge in [-0.3, -0.25) is 0 Å². The van der Waals surface area contributed by atoms with Crippen LogP contribution < -0.4 is 0 Å². The monoisotopic (exact) mass is 266 g/mol. The molecule has 3 aromatic rings. The molecule has 2 aromatic heterocycles. The number of imidazole rings is 1. The molecule has 0 saturated heterocycles. The molecule has 0 saturated carbocycles. The number of nitriles is 1. The van der Waals surface area contributed by atoms with E-state index in [1.54, 1.807) is 12.3 Å². The summed E-state index contributed by atoms with van der Waals surface area (Å²) in [6, 6.07) is 11.8. The van der Waals surface area contributed by atoms with Crippen molar-refractivity contribution in [3.05, 3.63) is 47.8 Å². The first-order valence-corrected chi connectivity index (χ1v) is 6.56. The van der Waals surface area contributed by atoms with Gasteiger partial charge in [0, 0.05) is 11.1 Å². The molecule has 0 bridgehead atoms. The SMILES string of the molecule is Cc1ccc2nc(Sc3ccnc(C#N)c3)[nH]c2c1. The lowest BCUT2D eigenvalue weighted by atomic mass is 10.2. The van der Waals surface area contributed by atoms with Crippen LogP contribution in [0.4, 0.5) is 0 Å². The Morgan fingerprint density at radius 3 is 3.00 bits per heavy atom. The summed E-state index contributed by atoms with van der Waals surface area (Å²) in [4.78, 5) is 12.7.